The summed E-state index contributed by atoms with van der Waals surface area (Å²) < 4.78 is 45.7. The molecule has 0 spiro atoms. The number of halogens is 3. The first kappa shape index (κ1) is 32.3. The molecule has 0 aromatic heterocycles. The van der Waals surface area contributed by atoms with Gasteiger partial charge in [0.15, 0.2) is 12.2 Å². The zero-order valence-corrected chi connectivity index (χ0v) is 22.6. The van der Waals surface area contributed by atoms with Gasteiger partial charge in [0.05, 0.1) is 0 Å². The molecule has 1 heterocycles. The van der Waals surface area contributed by atoms with Gasteiger partial charge in [-0.05, 0) is 85.1 Å². The van der Waals surface area contributed by atoms with Crippen molar-refractivity contribution in [1.82, 2.24) is 4.90 Å². The molecule has 0 saturated carbocycles. The lowest BCUT2D eigenvalue weighted by molar-refractivity contribution is -0.165. The largest absolute Gasteiger partial charge is 0.479 e. The number of hydrogen-bond acceptors (Lipinski definition) is 6. The number of ether oxygens (including phenoxy) is 1. The maximum Gasteiger partial charge on any atom is 0.335 e. The van der Waals surface area contributed by atoms with Gasteiger partial charge in [-0.25, -0.2) is 22.8 Å². The normalized spacial score (nSPS) is 14.8. The van der Waals surface area contributed by atoms with Crippen molar-refractivity contribution < 1.29 is 47.9 Å². The number of carboxylic acids is 2. The Morgan fingerprint density at radius 3 is 1.62 bits per heavy atom. The number of benzene rings is 3. The average Bonchev–Trinajstić information content (AvgIpc) is 2.98. The third-order valence-corrected chi connectivity index (χ3v) is 6.63. The minimum Gasteiger partial charge on any atom is -0.479 e. The third kappa shape index (κ3) is 10.0. The van der Waals surface area contributed by atoms with Crippen LogP contribution in [0.1, 0.15) is 36.3 Å². The number of hydrogen-bond donors (Lipinski definition) is 4. The summed E-state index contributed by atoms with van der Waals surface area (Å²) in [7, 11) is 0. The average molecular weight is 588 g/mol. The lowest BCUT2D eigenvalue weighted by atomic mass is 9.87. The standard InChI is InChI=1S/C27H26F3NO.C4H6O6/c28-22-7-3-20(4-8-22)27(21-5-9-23(29)10-6-21)2-1-17-31-18-15-26(16-19-31)32-25-13-11-24(30)12-14-25;5-1(3(7)8)2(6)4(9)10/h3-15,27H,1-2,16-19H2;1-2,5-6H,(H,7,8)(H,9,10)/t;1-,2-/m.1/s1. The molecule has 0 aliphatic carbocycles. The van der Waals surface area contributed by atoms with Crippen molar-refractivity contribution in [3.05, 3.63) is 113 Å². The second-order valence-corrected chi connectivity index (χ2v) is 9.64. The van der Waals surface area contributed by atoms with Crippen LogP contribution in [0.4, 0.5) is 13.2 Å². The zero-order valence-electron chi connectivity index (χ0n) is 22.6. The van der Waals surface area contributed by atoms with Crippen molar-refractivity contribution in [1.29, 1.82) is 0 Å². The van der Waals surface area contributed by atoms with Gasteiger partial charge in [0, 0.05) is 25.4 Å². The highest BCUT2D eigenvalue weighted by Gasteiger charge is 2.29. The topological polar surface area (TPSA) is 128 Å². The molecule has 0 radical (unpaired) electrons. The van der Waals surface area contributed by atoms with Gasteiger partial charge in [0.2, 0.25) is 0 Å². The molecule has 0 fully saturated rings. The van der Waals surface area contributed by atoms with Gasteiger partial charge in [-0.2, -0.15) is 0 Å². The highest BCUT2D eigenvalue weighted by Crippen LogP contribution is 2.30. The first-order valence-corrected chi connectivity index (χ1v) is 13.2. The molecular weight excluding hydrogens is 555 g/mol. The van der Waals surface area contributed by atoms with Crippen molar-refractivity contribution in [3.8, 4) is 5.75 Å². The molecule has 4 rings (SSSR count). The fourth-order valence-electron chi connectivity index (χ4n) is 4.35. The summed E-state index contributed by atoms with van der Waals surface area (Å²) in [5.74, 6) is -2.69. The maximum absolute atomic E-state index is 13.4. The van der Waals surface area contributed by atoms with Crippen LogP contribution < -0.4 is 4.74 Å². The number of carbonyl (C=O) groups is 2. The Balaban J connectivity index is 0.000000416. The second-order valence-electron chi connectivity index (χ2n) is 9.64. The lowest BCUT2D eigenvalue weighted by Gasteiger charge is -2.27. The van der Waals surface area contributed by atoms with E-state index in [9.17, 15) is 22.8 Å². The van der Waals surface area contributed by atoms with E-state index in [1.165, 1.54) is 36.4 Å². The summed E-state index contributed by atoms with van der Waals surface area (Å²) in [6.07, 6.45) is 0.189. The van der Waals surface area contributed by atoms with Gasteiger partial charge < -0.3 is 25.2 Å². The molecule has 0 bridgehead atoms. The molecule has 3 aromatic carbocycles. The Kier molecular flexibility index (Phi) is 12.1. The number of aliphatic hydroxyl groups excluding tert-OH is 2. The molecule has 0 saturated heterocycles. The number of nitrogens with zero attached hydrogens (tertiary/aromatic N) is 1. The number of carboxylic acid groups (broad SMARTS) is 2. The lowest BCUT2D eigenvalue weighted by Crippen LogP contribution is -2.39. The van der Waals surface area contributed by atoms with Crippen LogP contribution in [0, 0.1) is 17.5 Å². The van der Waals surface area contributed by atoms with Crippen molar-refractivity contribution in [2.24, 2.45) is 0 Å². The molecule has 1 aliphatic rings. The van der Waals surface area contributed by atoms with E-state index >= 15 is 0 Å². The van der Waals surface area contributed by atoms with E-state index in [-0.39, 0.29) is 23.4 Å². The molecule has 1 aliphatic heterocycles. The van der Waals surface area contributed by atoms with Gasteiger partial charge in [-0.1, -0.05) is 24.3 Å². The minimum atomic E-state index is -2.27. The quantitative estimate of drug-likeness (QED) is 0.257. The molecule has 2 atom stereocenters. The predicted molar refractivity (Wildman–Crippen MR) is 147 cm³/mol. The van der Waals surface area contributed by atoms with E-state index in [2.05, 4.69) is 11.0 Å². The smallest absolute Gasteiger partial charge is 0.335 e. The van der Waals surface area contributed by atoms with Crippen molar-refractivity contribution >= 4 is 11.9 Å². The Labute approximate surface area is 240 Å². The van der Waals surface area contributed by atoms with Crippen LogP contribution in [0.25, 0.3) is 0 Å². The van der Waals surface area contributed by atoms with Gasteiger partial charge in [0.25, 0.3) is 0 Å². The molecule has 4 N–H and O–H groups in total. The summed E-state index contributed by atoms with van der Waals surface area (Å²) in [6.45, 7) is 2.62. The first-order valence-electron chi connectivity index (χ1n) is 13.2. The second kappa shape index (κ2) is 15.7. The highest BCUT2D eigenvalue weighted by molar-refractivity contribution is 5.83. The summed E-state index contributed by atoms with van der Waals surface area (Å²) in [4.78, 5) is 21.9. The monoisotopic (exact) mass is 587 g/mol. The molecule has 224 valence electrons. The fourth-order valence-corrected chi connectivity index (χ4v) is 4.35. The predicted octanol–water partition coefficient (Wildman–Crippen LogP) is 4.56. The van der Waals surface area contributed by atoms with E-state index < -0.39 is 24.1 Å². The van der Waals surface area contributed by atoms with Gasteiger partial charge in [0.1, 0.15) is 29.0 Å². The summed E-state index contributed by atoms with van der Waals surface area (Å²) in [5.41, 5.74) is 2.07. The molecule has 8 nitrogen and oxygen atoms in total. The molecule has 3 aromatic rings. The molecular formula is C31H32F3NO7. The van der Waals surface area contributed by atoms with Gasteiger partial charge in [-0.3, -0.25) is 4.90 Å². The number of aliphatic carboxylic acids is 2. The number of rotatable bonds is 11. The first-order chi connectivity index (χ1) is 20.0. The van der Waals surface area contributed by atoms with Gasteiger partial charge in [-0.15, -0.1) is 0 Å². The maximum atomic E-state index is 13.4. The van der Waals surface area contributed by atoms with Crippen LogP contribution in [-0.2, 0) is 9.59 Å². The Morgan fingerprint density at radius 2 is 1.21 bits per heavy atom. The van der Waals surface area contributed by atoms with Crippen molar-refractivity contribution in [2.75, 3.05) is 19.6 Å². The van der Waals surface area contributed by atoms with Crippen LogP contribution >= 0.6 is 0 Å². The molecule has 42 heavy (non-hydrogen) atoms. The molecule has 0 amide bonds. The summed E-state index contributed by atoms with van der Waals surface area (Å²) >= 11 is 0. The van der Waals surface area contributed by atoms with Crippen molar-refractivity contribution in [3.63, 3.8) is 0 Å². The highest BCUT2D eigenvalue weighted by atomic mass is 19.1. The van der Waals surface area contributed by atoms with E-state index in [1.807, 2.05) is 24.3 Å². The van der Waals surface area contributed by atoms with Crippen molar-refractivity contribution in [2.45, 2.75) is 37.4 Å². The molecule has 0 unspecified atom stereocenters. The third-order valence-electron chi connectivity index (χ3n) is 6.63. The van der Waals surface area contributed by atoms with Crippen LogP contribution in [0.15, 0.2) is 84.6 Å². The van der Waals surface area contributed by atoms with Crippen LogP contribution in [0.2, 0.25) is 0 Å². The van der Waals surface area contributed by atoms with E-state index in [0.717, 1.165) is 55.8 Å². The SMILES string of the molecule is Fc1ccc(OC2=CCN(CCCC(c3ccc(F)cc3)c3ccc(F)cc3)CC2)cc1.O=C(O)[C@H](O)[C@@H](O)C(=O)O. The molecule has 11 heteroatoms. The fraction of sp³-hybridized carbons (Fsp3) is 0.290. The Morgan fingerprint density at radius 1 is 0.762 bits per heavy atom. The summed E-state index contributed by atoms with van der Waals surface area (Å²) in [6, 6.07) is 19.2. The summed E-state index contributed by atoms with van der Waals surface area (Å²) in [5, 5.41) is 32.5. The zero-order chi connectivity index (χ0) is 30.6. The van der Waals surface area contributed by atoms with E-state index in [0.29, 0.717) is 5.75 Å². The van der Waals surface area contributed by atoms with Crippen LogP contribution in [0.3, 0.4) is 0 Å². The minimum absolute atomic E-state index is 0.0916. The van der Waals surface area contributed by atoms with Crippen LogP contribution in [0.5, 0.6) is 5.75 Å². The van der Waals surface area contributed by atoms with E-state index in [4.69, 9.17) is 25.2 Å². The van der Waals surface area contributed by atoms with Crippen LogP contribution in [-0.4, -0.2) is 69.1 Å². The van der Waals surface area contributed by atoms with Gasteiger partial charge >= 0.3 is 11.9 Å². The Hall–Kier alpha value is -4.19. The Bertz CT molecular complexity index is 1270. The number of aliphatic hydroxyl groups is 2. The van der Waals surface area contributed by atoms with E-state index in [1.54, 1.807) is 12.1 Å².